The van der Waals surface area contributed by atoms with Gasteiger partial charge in [0.15, 0.2) is 10.4 Å². The summed E-state index contributed by atoms with van der Waals surface area (Å²) in [7, 11) is 0. The van der Waals surface area contributed by atoms with Crippen molar-refractivity contribution in [3.05, 3.63) is 22.6 Å². The van der Waals surface area contributed by atoms with Gasteiger partial charge in [-0.1, -0.05) is 0 Å². The van der Waals surface area contributed by atoms with Crippen LogP contribution < -0.4 is 0 Å². The van der Waals surface area contributed by atoms with Gasteiger partial charge in [0.05, 0.1) is 0 Å². The number of alkyl halides is 3. The summed E-state index contributed by atoms with van der Waals surface area (Å²) in [6.45, 7) is 0. The molecule has 0 saturated heterocycles. The van der Waals surface area contributed by atoms with E-state index in [1.54, 1.807) is 0 Å². The molecule has 0 bridgehead atoms. The number of hydrogen-bond acceptors (Lipinski definition) is 2. The first-order chi connectivity index (χ1) is 5.41. The van der Waals surface area contributed by atoms with Crippen molar-refractivity contribution in [2.45, 2.75) is 6.18 Å². The summed E-state index contributed by atoms with van der Waals surface area (Å²) in [5, 5.41) is 0. The monoisotopic (exact) mass is 242 g/mol. The highest BCUT2D eigenvalue weighted by Gasteiger charge is 2.41. The molecule has 0 spiro atoms. The van der Waals surface area contributed by atoms with Gasteiger partial charge in [0.1, 0.15) is 0 Å². The van der Waals surface area contributed by atoms with Gasteiger partial charge >= 0.3 is 12.0 Å². The van der Waals surface area contributed by atoms with Crippen LogP contribution in [-0.4, -0.2) is 12.0 Å². The van der Waals surface area contributed by atoms with E-state index < -0.39 is 17.7 Å². The maximum Gasteiger partial charge on any atom is 0.458 e. The third kappa shape index (κ3) is 1.88. The number of Topliss-reactive ketones (excluding diaryl/α,β-unsaturated/α-hetero) is 1. The van der Waals surface area contributed by atoms with Crippen LogP contribution in [0.4, 0.5) is 13.2 Å². The Morgan fingerprint density at radius 1 is 1.42 bits per heavy atom. The van der Waals surface area contributed by atoms with Gasteiger partial charge < -0.3 is 4.42 Å². The first kappa shape index (κ1) is 9.31. The molecule has 0 aliphatic rings. The lowest BCUT2D eigenvalue weighted by Crippen LogP contribution is -2.21. The Kier molecular flexibility index (Phi) is 2.27. The van der Waals surface area contributed by atoms with Gasteiger partial charge in [0, 0.05) is 0 Å². The molecule has 0 aliphatic heterocycles. The lowest BCUT2D eigenvalue weighted by Gasteiger charge is -2.00. The third-order valence-corrected chi connectivity index (χ3v) is 1.48. The summed E-state index contributed by atoms with van der Waals surface area (Å²) in [5.74, 6) is -2.69. The van der Waals surface area contributed by atoms with E-state index in [0.29, 0.717) is 0 Å². The van der Waals surface area contributed by atoms with Crippen LogP contribution >= 0.6 is 15.9 Å². The highest BCUT2D eigenvalue weighted by molar-refractivity contribution is 9.10. The Labute approximate surface area is 73.5 Å². The molecule has 0 atom stereocenters. The standard InChI is InChI=1S/C6H2BrF3O2/c7-4-2-1-3(12-4)5(11)6(8,9)10/h1-2H. The smallest absolute Gasteiger partial charge is 0.446 e. The number of rotatable bonds is 1. The molecule has 6 heteroatoms. The van der Waals surface area contributed by atoms with Crippen LogP contribution in [0.5, 0.6) is 0 Å². The van der Waals surface area contributed by atoms with Crippen LogP contribution in [0.15, 0.2) is 21.2 Å². The van der Waals surface area contributed by atoms with Gasteiger partial charge in [-0.05, 0) is 28.1 Å². The molecule has 2 nitrogen and oxygen atoms in total. The van der Waals surface area contributed by atoms with Crippen LogP contribution in [0.2, 0.25) is 0 Å². The molecule has 0 amide bonds. The van der Waals surface area contributed by atoms with E-state index in [9.17, 15) is 18.0 Å². The van der Waals surface area contributed by atoms with Crippen LogP contribution in [-0.2, 0) is 0 Å². The lowest BCUT2D eigenvalue weighted by atomic mass is 10.3. The summed E-state index contributed by atoms with van der Waals surface area (Å²) in [6.07, 6.45) is -4.88. The molecule has 0 aliphatic carbocycles. The molecule has 1 aromatic heterocycles. The minimum absolute atomic E-state index is 0.0927. The van der Waals surface area contributed by atoms with Crippen molar-refractivity contribution in [2.75, 3.05) is 0 Å². The Bertz CT molecular complexity index is 302. The van der Waals surface area contributed by atoms with Gasteiger partial charge in [-0.3, -0.25) is 4.79 Å². The van der Waals surface area contributed by atoms with E-state index in [-0.39, 0.29) is 4.67 Å². The third-order valence-electron chi connectivity index (χ3n) is 1.05. The fourth-order valence-electron chi connectivity index (χ4n) is 0.576. The zero-order chi connectivity index (χ0) is 9.35. The van der Waals surface area contributed by atoms with Crippen LogP contribution in [0, 0.1) is 0 Å². The van der Waals surface area contributed by atoms with Crippen LogP contribution in [0.25, 0.3) is 0 Å². The highest BCUT2D eigenvalue weighted by atomic mass is 79.9. The molecule has 12 heavy (non-hydrogen) atoms. The minimum Gasteiger partial charge on any atom is -0.446 e. The average molecular weight is 243 g/mol. The minimum atomic E-state index is -4.88. The Morgan fingerprint density at radius 3 is 2.33 bits per heavy atom. The molecule has 0 radical (unpaired) electrons. The molecule has 0 aromatic carbocycles. The highest BCUT2D eigenvalue weighted by Crippen LogP contribution is 2.24. The SMILES string of the molecule is O=C(c1ccc(Br)o1)C(F)(F)F. The van der Waals surface area contributed by atoms with Gasteiger partial charge in [-0.2, -0.15) is 13.2 Å². The molecule has 0 unspecified atom stereocenters. The van der Waals surface area contributed by atoms with E-state index in [2.05, 4.69) is 20.3 Å². The van der Waals surface area contributed by atoms with Gasteiger partial charge in [0.2, 0.25) is 0 Å². The van der Waals surface area contributed by atoms with Gasteiger partial charge in [0.25, 0.3) is 0 Å². The summed E-state index contributed by atoms with van der Waals surface area (Å²) in [4.78, 5) is 10.4. The van der Waals surface area contributed by atoms with Gasteiger partial charge in [-0.15, -0.1) is 0 Å². The van der Waals surface area contributed by atoms with Crippen molar-refractivity contribution in [2.24, 2.45) is 0 Å². The Hall–Kier alpha value is -0.780. The second-order valence-corrected chi connectivity index (χ2v) is 2.71. The molecule has 1 rings (SSSR count). The molecule has 0 fully saturated rings. The molecule has 1 aromatic rings. The van der Waals surface area contributed by atoms with Crippen molar-refractivity contribution >= 4 is 21.7 Å². The number of carbonyl (C=O) groups is 1. The maximum atomic E-state index is 11.7. The second kappa shape index (κ2) is 2.93. The first-order valence-corrected chi connectivity index (χ1v) is 3.57. The predicted molar refractivity (Wildman–Crippen MR) is 36.8 cm³/mol. The summed E-state index contributed by atoms with van der Waals surface area (Å²) < 4.78 is 39.7. The van der Waals surface area contributed by atoms with Crippen molar-refractivity contribution in [3.63, 3.8) is 0 Å². The maximum absolute atomic E-state index is 11.7. The number of furan rings is 1. The van der Waals surface area contributed by atoms with Crippen molar-refractivity contribution in [1.29, 1.82) is 0 Å². The zero-order valence-corrected chi connectivity index (χ0v) is 7.07. The number of carbonyl (C=O) groups excluding carboxylic acids is 1. The normalized spacial score (nSPS) is 11.7. The zero-order valence-electron chi connectivity index (χ0n) is 5.48. The fraction of sp³-hybridized carbons (Fsp3) is 0.167. The van der Waals surface area contributed by atoms with Gasteiger partial charge in [-0.25, -0.2) is 0 Å². The van der Waals surface area contributed by atoms with Crippen LogP contribution in [0.1, 0.15) is 10.6 Å². The largest absolute Gasteiger partial charge is 0.458 e. The molecule has 1 heterocycles. The predicted octanol–water partition coefficient (Wildman–Crippen LogP) is 2.79. The number of hydrogen-bond donors (Lipinski definition) is 0. The fourth-order valence-corrected chi connectivity index (χ4v) is 0.883. The van der Waals surface area contributed by atoms with E-state index in [0.717, 1.165) is 6.07 Å². The second-order valence-electron chi connectivity index (χ2n) is 1.93. The van der Waals surface area contributed by atoms with E-state index in [1.807, 2.05) is 0 Å². The number of halogens is 4. The topological polar surface area (TPSA) is 30.2 Å². The Balaban J connectivity index is 2.93. The molecule has 0 saturated carbocycles. The summed E-state index contributed by atoms with van der Waals surface area (Å²) in [5.41, 5.74) is 0. The van der Waals surface area contributed by atoms with Crippen molar-refractivity contribution in [3.8, 4) is 0 Å². The lowest BCUT2D eigenvalue weighted by molar-refractivity contribution is -0.0899. The van der Waals surface area contributed by atoms with E-state index in [1.165, 1.54) is 6.07 Å². The quantitative estimate of drug-likeness (QED) is 0.710. The molecule has 66 valence electrons. The number of ketones is 1. The summed E-state index contributed by atoms with van der Waals surface area (Å²) in [6, 6.07) is 2.18. The average Bonchev–Trinajstić information content (AvgIpc) is 2.32. The van der Waals surface area contributed by atoms with E-state index >= 15 is 0 Å². The van der Waals surface area contributed by atoms with E-state index in [4.69, 9.17) is 0 Å². The van der Waals surface area contributed by atoms with Crippen LogP contribution in [0.3, 0.4) is 0 Å². The van der Waals surface area contributed by atoms with Crippen molar-refractivity contribution in [1.82, 2.24) is 0 Å². The first-order valence-electron chi connectivity index (χ1n) is 2.78. The molecular weight excluding hydrogens is 241 g/mol. The molecular formula is C6H2BrF3O2. The van der Waals surface area contributed by atoms with Crippen molar-refractivity contribution < 1.29 is 22.4 Å². The summed E-state index contributed by atoms with van der Waals surface area (Å²) >= 11 is 2.78. The molecule has 0 N–H and O–H groups in total. The Morgan fingerprint density at radius 2 is 2.00 bits per heavy atom.